The molecule has 0 heterocycles. The van der Waals surface area contributed by atoms with E-state index in [-0.39, 0.29) is 17.4 Å². The summed E-state index contributed by atoms with van der Waals surface area (Å²) in [5, 5.41) is 3.03. The molecule has 2 atom stereocenters. The second kappa shape index (κ2) is 4.64. The molecule has 2 heteroatoms. The van der Waals surface area contributed by atoms with Crippen LogP contribution in [0.25, 0.3) is 0 Å². The van der Waals surface area contributed by atoms with E-state index in [4.69, 9.17) is 0 Å². The first kappa shape index (κ1) is 12.5. The molecule has 0 aliphatic carbocycles. The summed E-state index contributed by atoms with van der Waals surface area (Å²) < 4.78 is 0. The minimum atomic E-state index is -0.276. The van der Waals surface area contributed by atoms with Gasteiger partial charge in [0.05, 0.1) is 0 Å². The molecule has 2 unspecified atom stereocenters. The van der Waals surface area contributed by atoms with Crippen molar-refractivity contribution in [2.75, 3.05) is 0 Å². The molecular formula is C11H23NO. The molecule has 0 aliphatic heterocycles. The molecule has 0 bridgehead atoms. The lowest BCUT2D eigenvalue weighted by molar-refractivity contribution is -0.129. The van der Waals surface area contributed by atoms with Gasteiger partial charge < -0.3 is 5.32 Å². The molecule has 1 N–H and O–H groups in total. The second-order valence-electron chi connectivity index (χ2n) is 4.90. The van der Waals surface area contributed by atoms with Crippen LogP contribution in [0.4, 0.5) is 0 Å². The van der Waals surface area contributed by atoms with Gasteiger partial charge in [-0.1, -0.05) is 41.0 Å². The van der Waals surface area contributed by atoms with Gasteiger partial charge in [0.25, 0.3) is 0 Å². The zero-order valence-corrected chi connectivity index (χ0v) is 9.77. The maximum Gasteiger partial charge on any atom is 0.225 e. The van der Waals surface area contributed by atoms with Crippen LogP contribution >= 0.6 is 0 Å². The Morgan fingerprint density at radius 3 is 2.08 bits per heavy atom. The number of nitrogens with one attached hydrogen (secondary N) is 1. The average molecular weight is 185 g/mol. The molecule has 0 aromatic carbocycles. The van der Waals surface area contributed by atoms with Gasteiger partial charge in [-0.15, -0.1) is 0 Å². The van der Waals surface area contributed by atoms with Crippen molar-refractivity contribution >= 4 is 5.91 Å². The monoisotopic (exact) mass is 185 g/mol. The van der Waals surface area contributed by atoms with Crippen LogP contribution in [-0.2, 0) is 4.79 Å². The molecule has 0 spiro atoms. The van der Waals surface area contributed by atoms with Gasteiger partial charge in [-0.2, -0.15) is 0 Å². The smallest absolute Gasteiger partial charge is 0.225 e. The van der Waals surface area contributed by atoms with Gasteiger partial charge in [0.1, 0.15) is 0 Å². The average Bonchev–Trinajstić information content (AvgIpc) is 2.01. The topological polar surface area (TPSA) is 29.1 Å². The number of carbonyl (C=O) groups excluding carboxylic acids is 1. The van der Waals surface area contributed by atoms with Crippen molar-refractivity contribution in [1.82, 2.24) is 5.32 Å². The van der Waals surface area contributed by atoms with E-state index < -0.39 is 0 Å². The van der Waals surface area contributed by atoms with Crippen LogP contribution in [-0.4, -0.2) is 11.9 Å². The van der Waals surface area contributed by atoms with Gasteiger partial charge in [0.2, 0.25) is 5.91 Å². The van der Waals surface area contributed by atoms with Gasteiger partial charge >= 0.3 is 0 Å². The fourth-order valence-electron chi connectivity index (χ4n) is 0.919. The third-order valence-electron chi connectivity index (χ3n) is 2.54. The highest BCUT2D eigenvalue weighted by Gasteiger charge is 2.23. The zero-order chi connectivity index (χ0) is 10.6. The molecule has 0 radical (unpaired) electrons. The maximum atomic E-state index is 11.6. The summed E-state index contributed by atoms with van der Waals surface area (Å²) in [6.45, 7) is 12.2. The van der Waals surface area contributed by atoms with Crippen LogP contribution in [0.15, 0.2) is 0 Å². The largest absolute Gasteiger partial charge is 0.353 e. The zero-order valence-electron chi connectivity index (χ0n) is 9.77. The summed E-state index contributed by atoms with van der Waals surface area (Å²) in [5.74, 6) is 0.687. The summed E-state index contributed by atoms with van der Waals surface area (Å²) in [5.41, 5.74) is -0.276. The Hall–Kier alpha value is -0.530. The van der Waals surface area contributed by atoms with E-state index in [2.05, 4.69) is 26.1 Å². The van der Waals surface area contributed by atoms with Crippen molar-refractivity contribution in [3.8, 4) is 0 Å². The molecule has 0 aromatic heterocycles. The van der Waals surface area contributed by atoms with Gasteiger partial charge in [-0.3, -0.25) is 4.79 Å². The standard InChI is InChI=1S/C11H23NO/c1-7-8(2)9(3)12-10(13)11(4,5)6/h8-9H,7H2,1-6H3,(H,12,13). The number of hydrogen-bond acceptors (Lipinski definition) is 1. The highest BCUT2D eigenvalue weighted by molar-refractivity contribution is 5.81. The first-order chi connectivity index (χ1) is 5.79. The van der Waals surface area contributed by atoms with Crippen molar-refractivity contribution in [1.29, 1.82) is 0 Å². The van der Waals surface area contributed by atoms with E-state index in [0.29, 0.717) is 5.92 Å². The molecule has 1 amide bonds. The second-order valence-corrected chi connectivity index (χ2v) is 4.90. The van der Waals surface area contributed by atoms with E-state index in [0.717, 1.165) is 6.42 Å². The van der Waals surface area contributed by atoms with Crippen molar-refractivity contribution in [2.24, 2.45) is 11.3 Å². The van der Waals surface area contributed by atoms with Crippen molar-refractivity contribution in [3.63, 3.8) is 0 Å². The Labute approximate surface area is 82.1 Å². The molecule has 78 valence electrons. The Morgan fingerprint density at radius 2 is 1.77 bits per heavy atom. The molecule has 0 saturated heterocycles. The van der Waals surface area contributed by atoms with Crippen molar-refractivity contribution < 1.29 is 4.79 Å². The van der Waals surface area contributed by atoms with Gasteiger partial charge in [-0.25, -0.2) is 0 Å². The van der Waals surface area contributed by atoms with Crippen LogP contribution in [0.2, 0.25) is 0 Å². The number of rotatable bonds is 3. The summed E-state index contributed by atoms with van der Waals surface area (Å²) in [7, 11) is 0. The molecular weight excluding hydrogens is 162 g/mol. The first-order valence-electron chi connectivity index (χ1n) is 5.10. The van der Waals surface area contributed by atoms with Gasteiger partial charge in [0.15, 0.2) is 0 Å². The van der Waals surface area contributed by atoms with E-state index in [1.54, 1.807) is 0 Å². The predicted molar refractivity (Wildman–Crippen MR) is 56.5 cm³/mol. The number of carbonyl (C=O) groups is 1. The fourth-order valence-corrected chi connectivity index (χ4v) is 0.919. The van der Waals surface area contributed by atoms with Crippen LogP contribution in [0.5, 0.6) is 0 Å². The number of hydrogen-bond donors (Lipinski definition) is 1. The third-order valence-corrected chi connectivity index (χ3v) is 2.54. The molecule has 2 nitrogen and oxygen atoms in total. The van der Waals surface area contributed by atoms with Crippen molar-refractivity contribution in [2.45, 2.75) is 54.0 Å². The third kappa shape index (κ3) is 4.30. The maximum absolute atomic E-state index is 11.6. The van der Waals surface area contributed by atoms with E-state index in [1.807, 2.05) is 20.8 Å². The summed E-state index contributed by atoms with van der Waals surface area (Å²) in [4.78, 5) is 11.6. The Kier molecular flexibility index (Phi) is 4.45. The molecule has 0 fully saturated rings. The van der Waals surface area contributed by atoms with Gasteiger partial charge in [-0.05, 0) is 12.8 Å². The Bertz CT molecular complexity index is 169. The first-order valence-corrected chi connectivity index (χ1v) is 5.10. The highest BCUT2D eigenvalue weighted by atomic mass is 16.2. The SMILES string of the molecule is CCC(C)C(C)NC(=O)C(C)(C)C. The molecule has 0 saturated carbocycles. The van der Waals surface area contributed by atoms with Crippen LogP contribution < -0.4 is 5.32 Å². The lowest BCUT2D eigenvalue weighted by Gasteiger charge is -2.25. The lowest BCUT2D eigenvalue weighted by atomic mass is 9.93. The Morgan fingerprint density at radius 1 is 1.31 bits per heavy atom. The van der Waals surface area contributed by atoms with Crippen LogP contribution in [0, 0.1) is 11.3 Å². The van der Waals surface area contributed by atoms with Gasteiger partial charge in [0, 0.05) is 11.5 Å². The summed E-state index contributed by atoms with van der Waals surface area (Å²) in [6, 6.07) is 0.275. The van der Waals surface area contributed by atoms with E-state index in [9.17, 15) is 4.79 Å². The summed E-state index contributed by atoms with van der Waals surface area (Å²) >= 11 is 0. The molecule has 13 heavy (non-hydrogen) atoms. The quantitative estimate of drug-likeness (QED) is 0.719. The fraction of sp³-hybridized carbons (Fsp3) is 0.909. The molecule has 0 rings (SSSR count). The lowest BCUT2D eigenvalue weighted by Crippen LogP contribution is -2.42. The van der Waals surface area contributed by atoms with E-state index in [1.165, 1.54) is 0 Å². The normalized spacial score (nSPS) is 16.5. The van der Waals surface area contributed by atoms with Crippen LogP contribution in [0.3, 0.4) is 0 Å². The highest BCUT2D eigenvalue weighted by Crippen LogP contribution is 2.15. The number of amides is 1. The minimum absolute atomic E-state index is 0.139. The van der Waals surface area contributed by atoms with Crippen molar-refractivity contribution in [3.05, 3.63) is 0 Å². The Balaban J connectivity index is 4.07. The predicted octanol–water partition coefficient (Wildman–Crippen LogP) is 2.58. The van der Waals surface area contributed by atoms with E-state index >= 15 is 0 Å². The minimum Gasteiger partial charge on any atom is -0.353 e. The molecule has 0 aliphatic rings. The molecule has 0 aromatic rings. The summed E-state index contributed by atoms with van der Waals surface area (Å²) in [6.07, 6.45) is 1.10. The van der Waals surface area contributed by atoms with Crippen LogP contribution in [0.1, 0.15) is 48.0 Å².